The smallest absolute Gasteiger partial charge is 0.416 e. The third-order valence-corrected chi connectivity index (χ3v) is 25.4. The summed E-state index contributed by atoms with van der Waals surface area (Å²) < 4.78 is 36.4. The number of benzene rings is 16. The lowest BCUT2D eigenvalue weighted by atomic mass is 9.71. The molecule has 0 radical (unpaired) electrons. The van der Waals surface area contributed by atoms with Gasteiger partial charge < -0.3 is 66.4 Å². The average Bonchev–Trinajstić information content (AvgIpc) is 0.775. The van der Waals surface area contributed by atoms with Crippen LogP contribution < -0.4 is 0 Å². The number of halogens is 3. The van der Waals surface area contributed by atoms with Crippen LogP contribution in [0, 0.1) is 10.1 Å². The number of rotatable bonds is 19. The molecular weight excluding hydrogens is 1880 g/mol. The molecule has 148 heavy (non-hydrogen) atoms. The summed E-state index contributed by atoms with van der Waals surface area (Å²) in [6, 6.07) is 113. The van der Waals surface area contributed by atoms with Crippen molar-refractivity contribution >= 4 is 23.4 Å². The maximum absolute atomic E-state index is 12.1. The summed E-state index contributed by atoms with van der Waals surface area (Å²) in [5.41, 5.74) is 14.7. The predicted octanol–water partition coefficient (Wildman–Crippen LogP) is 33.3. The van der Waals surface area contributed by atoms with E-state index in [1.807, 2.05) is 227 Å². The minimum absolute atomic E-state index is 0.152. The van der Waals surface area contributed by atoms with Crippen molar-refractivity contribution in [1.29, 1.82) is 0 Å². The van der Waals surface area contributed by atoms with Crippen molar-refractivity contribution in [2.45, 2.75) is 195 Å². The van der Waals surface area contributed by atoms with Gasteiger partial charge in [-0.3, -0.25) is 10.1 Å². The van der Waals surface area contributed by atoms with Gasteiger partial charge in [0, 0.05) is 38.7 Å². The highest BCUT2D eigenvalue weighted by Gasteiger charge is 2.36. The Morgan fingerprint density at radius 3 is 0.486 bits per heavy atom. The monoisotopic (exact) mass is 2030 g/mol. The van der Waals surface area contributed by atoms with Gasteiger partial charge in [0.05, 0.1) is 16.1 Å². The molecule has 0 fully saturated rings. The lowest BCUT2D eigenvalue weighted by Crippen LogP contribution is -2.25. The Kier molecular flexibility index (Phi) is 49.3. The molecule has 21 heteroatoms. The van der Waals surface area contributed by atoms with Gasteiger partial charge >= 0.3 is 12.1 Å². The second-order valence-corrected chi connectivity index (χ2v) is 36.2. The Balaban J connectivity index is 0.000000299. The second kappa shape index (κ2) is 59.5. The van der Waals surface area contributed by atoms with Crippen LogP contribution in [0.5, 0.6) is 69.0 Å². The first kappa shape index (κ1) is 123. The Morgan fingerprint density at radius 1 is 0.236 bits per heavy atom. The summed E-state index contributed by atoms with van der Waals surface area (Å²) in [6.07, 6.45) is -2.13. The summed E-state index contributed by atoms with van der Waals surface area (Å²) in [6.45, 7) is 40.9. The summed E-state index contributed by atoms with van der Waals surface area (Å²) in [5, 5.41) is 134. The molecule has 16 aromatic carbocycles. The summed E-state index contributed by atoms with van der Waals surface area (Å²) >= 11 is 1.79. The van der Waals surface area contributed by atoms with Crippen molar-refractivity contribution in [3.8, 4) is 69.0 Å². The number of aromatic carboxylic acids is 1. The number of carbonyl (C=O) groups is 1. The number of phenolic OH excluding ortho intramolecular Hbond substituents is 12. The van der Waals surface area contributed by atoms with Crippen LogP contribution in [0.4, 0.5) is 18.9 Å². The van der Waals surface area contributed by atoms with Crippen LogP contribution in [-0.2, 0) is 27.8 Å². The van der Waals surface area contributed by atoms with Crippen LogP contribution >= 0.6 is 11.8 Å². The molecule has 13 N–H and O–H groups in total. The van der Waals surface area contributed by atoms with Gasteiger partial charge in [-0.05, 0) is 329 Å². The fourth-order valence-corrected chi connectivity index (χ4v) is 16.0. The van der Waals surface area contributed by atoms with Crippen LogP contribution in [-0.4, -0.2) is 83.5 Å². The van der Waals surface area contributed by atoms with Crippen molar-refractivity contribution in [1.82, 2.24) is 0 Å². The first-order chi connectivity index (χ1) is 70.4. The lowest BCUT2D eigenvalue weighted by Gasteiger charge is -2.32. The number of alkyl halides is 3. The number of hydrogen-bond acceptors (Lipinski definition) is 16. The van der Waals surface area contributed by atoms with E-state index in [9.17, 15) is 89.4 Å². The quantitative estimate of drug-likeness (QED) is 0.0155. The topological polar surface area (TPSA) is 323 Å². The van der Waals surface area contributed by atoms with Crippen LogP contribution in [0.2, 0.25) is 0 Å². The molecule has 0 saturated carbocycles. The molecule has 0 saturated heterocycles. The van der Waals surface area contributed by atoms with Gasteiger partial charge in [-0.25, -0.2) is 4.79 Å². The van der Waals surface area contributed by atoms with Gasteiger partial charge in [0.2, 0.25) is 0 Å². The number of nitrogens with zero attached hydrogens (tertiary/aromatic N) is 1. The first-order valence-corrected chi connectivity index (χ1v) is 50.5. The van der Waals surface area contributed by atoms with E-state index in [0.29, 0.717) is 23.3 Å². The SMILES string of the molecule is CC.CC.CC.CC.CC(C)c1ccc(C(=O)O)cc1.CC(C)c1ccc(C(F)(F)F)cc1.CC(C)c1ccc([N+](=O)[O-])cc1.CC(c1ccc(O)cc1)(c1ccc(O)cc1)c1ccc(O)cc1.CC(c1ccc(O)cc1)(c1ccc(O)cc1)c1ccc(O)cc1.CC(c1ccc(O)cc1)(c1ccc(O)cc1)c1ccc(O)cc1.CC(c1ccc(O)cc1)(c1ccc(O)cc1)c1ccc(O)cc1.CSc1ccc(C(C)C)cc1. The van der Waals surface area contributed by atoms with Gasteiger partial charge in [0.1, 0.15) is 69.0 Å². The van der Waals surface area contributed by atoms with Gasteiger partial charge in [-0.15, -0.1) is 11.8 Å². The highest BCUT2D eigenvalue weighted by molar-refractivity contribution is 7.98. The zero-order valence-electron chi connectivity index (χ0n) is 88.3. The van der Waals surface area contributed by atoms with E-state index < -0.39 is 39.4 Å². The zero-order valence-corrected chi connectivity index (χ0v) is 89.1. The second-order valence-electron chi connectivity index (χ2n) is 35.4. The molecule has 16 rings (SSSR count). The third-order valence-electron chi connectivity index (χ3n) is 24.6. The van der Waals surface area contributed by atoms with Crippen molar-refractivity contribution in [3.05, 3.63) is 499 Å². The van der Waals surface area contributed by atoms with E-state index in [2.05, 4.69) is 99.8 Å². The number of phenols is 12. The number of non-ortho nitro benzene ring substituents is 1. The number of hydrogen-bond donors (Lipinski definition) is 13. The third kappa shape index (κ3) is 35.2. The minimum Gasteiger partial charge on any atom is -0.508 e. The van der Waals surface area contributed by atoms with Crippen molar-refractivity contribution in [2.75, 3.05) is 6.26 Å². The van der Waals surface area contributed by atoms with E-state index >= 15 is 0 Å². The Labute approximate surface area is 875 Å². The first-order valence-electron chi connectivity index (χ1n) is 49.3. The molecule has 0 bridgehead atoms. The highest BCUT2D eigenvalue weighted by Crippen LogP contribution is 2.46. The van der Waals surface area contributed by atoms with E-state index in [-0.39, 0.29) is 85.5 Å². The summed E-state index contributed by atoms with van der Waals surface area (Å²) in [4.78, 5) is 21.7. The molecule has 0 atom stereocenters. The zero-order chi connectivity index (χ0) is 110. The number of thioether (sulfide) groups is 1. The largest absolute Gasteiger partial charge is 0.508 e. The lowest BCUT2D eigenvalue weighted by molar-refractivity contribution is -0.384. The number of carboxylic acid groups (broad SMARTS) is 1. The van der Waals surface area contributed by atoms with Gasteiger partial charge in [0.25, 0.3) is 5.69 Å². The van der Waals surface area contributed by atoms with Gasteiger partial charge in [-0.2, -0.15) is 13.2 Å². The fourth-order valence-electron chi connectivity index (χ4n) is 15.6. The van der Waals surface area contributed by atoms with Crippen molar-refractivity contribution in [2.24, 2.45) is 0 Å². The molecule has 0 aliphatic heterocycles. The molecule has 0 aliphatic rings. The standard InChI is InChI=1S/4C20H18O3.C10H11F3.C10H12O2.C10H14S.C9H11NO2.4C2H6/c4*1-20(14-2-8-17(21)9-3-14,15-4-10-18(22)11-5-15)16-6-12-19(23)13-7-16;1-7(2)8-3-5-9(6-4-8)10(11,12)13;1-7(2)8-3-5-9(6-4-8)10(11)12;1-8(2)9-4-6-10(11-3)7-5-9;1-7(2)8-3-5-9(6-4-8)10(11)12;4*1-2/h4*2-13,21-23H,1H3;3-7H,1-2H3;3-7H,1-2H3,(H,11,12);4-8H,1-3H3;3-7H,1-2H3;4*1-2H3. The van der Waals surface area contributed by atoms with Crippen LogP contribution in [0.3, 0.4) is 0 Å². The molecular formula is C127H144F3NO16S. The van der Waals surface area contributed by atoms with E-state index in [1.54, 1.807) is 182 Å². The summed E-state index contributed by atoms with van der Waals surface area (Å²) in [5.74, 6) is 3.50. The number of aromatic hydroxyl groups is 12. The maximum atomic E-state index is 12.1. The Bertz CT molecular complexity index is 5440. The van der Waals surface area contributed by atoms with Crippen molar-refractivity contribution < 1.29 is 89.3 Å². The number of carboxylic acids is 1. The predicted molar refractivity (Wildman–Crippen MR) is 597 cm³/mol. The van der Waals surface area contributed by atoms with Crippen molar-refractivity contribution in [3.63, 3.8) is 0 Å². The average molecular weight is 2030 g/mol. The fraction of sp³-hybridized carbons (Fsp3) is 0.236. The minimum atomic E-state index is -4.23. The Morgan fingerprint density at radius 2 is 0.365 bits per heavy atom. The molecule has 0 aromatic heterocycles. The summed E-state index contributed by atoms with van der Waals surface area (Å²) in [7, 11) is 0. The molecule has 780 valence electrons. The van der Waals surface area contributed by atoms with Crippen LogP contribution in [0.15, 0.2) is 393 Å². The van der Waals surface area contributed by atoms with E-state index in [4.69, 9.17) is 5.11 Å². The molecule has 0 aliphatic carbocycles. The molecule has 17 nitrogen and oxygen atoms in total. The highest BCUT2D eigenvalue weighted by atomic mass is 32.2. The molecule has 0 unspecified atom stereocenters. The van der Waals surface area contributed by atoms with Gasteiger partial charge in [0.15, 0.2) is 0 Å². The molecule has 0 heterocycles. The number of nitro groups is 1. The number of nitro benzene ring substituents is 1. The van der Waals surface area contributed by atoms with Crippen LogP contribution in [0.1, 0.15) is 267 Å². The van der Waals surface area contributed by atoms with E-state index in [0.717, 1.165) is 90.0 Å². The van der Waals surface area contributed by atoms with Crippen LogP contribution in [0.25, 0.3) is 0 Å². The molecule has 0 spiro atoms. The maximum Gasteiger partial charge on any atom is 0.416 e. The molecule has 0 amide bonds. The van der Waals surface area contributed by atoms with Gasteiger partial charge in [-0.1, -0.05) is 305 Å². The normalized spacial score (nSPS) is 10.7. The molecule has 16 aromatic rings. The van der Waals surface area contributed by atoms with E-state index in [1.165, 1.54) is 40.3 Å². The Hall–Kier alpha value is -15.9.